The van der Waals surface area contributed by atoms with E-state index in [9.17, 15) is 4.39 Å². The summed E-state index contributed by atoms with van der Waals surface area (Å²) in [5, 5.41) is 4.13. The van der Waals surface area contributed by atoms with Gasteiger partial charge in [0, 0.05) is 30.4 Å². The van der Waals surface area contributed by atoms with E-state index in [1.165, 1.54) is 6.07 Å². The van der Waals surface area contributed by atoms with Crippen LogP contribution in [0.3, 0.4) is 0 Å². The first-order chi connectivity index (χ1) is 13.2. The van der Waals surface area contributed by atoms with E-state index in [2.05, 4.69) is 10.3 Å². The highest BCUT2D eigenvalue weighted by molar-refractivity contribution is 7.15. The molecule has 0 aliphatic carbocycles. The first-order valence-electron chi connectivity index (χ1n) is 8.36. The van der Waals surface area contributed by atoms with Gasteiger partial charge in [-0.25, -0.2) is 9.37 Å². The molecule has 0 atom stereocenters. The van der Waals surface area contributed by atoms with E-state index in [1.807, 2.05) is 18.2 Å². The summed E-state index contributed by atoms with van der Waals surface area (Å²) < 4.78 is 30.0. The summed E-state index contributed by atoms with van der Waals surface area (Å²) in [6.07, 6.45) is 1.80. The van der Waals surface area contributed by atoms with Crippen LogP contribution in [0, 0.1) is 5.82 Å². The van der Waals surface area contributed by atoms with Crippen LogP contribution in [-0.4, -0.2) is 26.3 Å². The zero-order chi connectivity index (χ0) is 19.2. The van der Waals surface area contributed by atoms with Gasteiger partial charge in [-0.15, -0.1) is 11.3 Å². The predicted octanol–water partition coefficient (Wildman–Crippen LogP) is 4.26. The van der Waals surface area contributed by atoms with Crippen molar-refractivity contribution >= 4 is 11.3 Å². The number of nitrogens with one attached hydrogen (secondary N) is 1. The lowest BCUT2D eigenvalue weighted by Crippen LogP contribution is -2.13. The number of halogens is 1. The molecule has 27 heavy (non-hydrogen) atoms. The van der Waals surface area contributed by atoms with Gasteiger partial charge in [-0.2, -0.15) is 0 Å². The molecule has 5 nitrogen and oxygen atoms in total. The molecule has 1 aromatic heterocycles. The highest BCUT2D eigenvalue weighted by Crippen LogP contribution is 2.45. The summed E-state index contributed by atoms with van der Waals surface area (Å²) in [5.74, 6) is 1.55. The molecule has 0 aliphatic heterocycles. The molecule has 0 spiro atoms. The van der Waals surface area contributed by atoms with Crippen LogP contribution >= 0.6 is 11.3 Å². The average Bonchev–Trinajstić information content (AvgIpc) is 3.16. The van der Waals surface area contributed by atoms with Gasteiger partial charge in [0.15, 0.2) is 11.5 Å². The van der Waals surface area contributed by atoms with Crippen LogP contribution in [0.1, 0.15) is 10.6 Å². The van der Waals surface area contributed by atoms with Gasteiger partial charge in [-0.1, -0.05) is 18.2 Å². The van der Waals surface area contributed by atoms with Gasteiger partial charge in [0.05, 0.1) is 26.2 Å². The minimum atomic E-state index is -0.208. The molecule has 3 rings (SSSR count). The third-order valence-corrected chi connectivity index (χ3v) is 5.10. The maximum Gasteiger partial charge on any atom is 0.203 e. The van der Waals surface area contributed by atoms with Crippen molar-refractivity contribution in [3.05, 3.63) is 59.0 Å². The van der Waals surface area contributed by atoms with Crippen molar-refractivity contribution in [3.8, 4) is 27.7 Å². The molecule has 142 valence electrons. The molecular formula is C20H21FN2O3S. The predicted molar refractivity (Wildman–Crippen MR) is 104 cm³/mol. The monoisotopic (exact) mass is 388 g/mol. The van der Waals surface area contributed by atoms with Crippen molar-refractivity contribution in [1.82, 2.24) is 10.3 Å². The van der Waals surface area contributed by atoms with Crippen molar-refractivity contribution in [2.24, 2.45) is 0 Å². The molecule has 7 heteroatoms. The van der Waals surface area contributed by atoms with Crippen LogP contribution in [-0.2, 0) is 13.1 Å². The van der Waals surface area contributed by atoms with E-state index in [4.69, 9.17) is 14.2 Å². The molecule has 3 aromatic rings. The lowest BCUT2D eigenvalue weighted by atomic mass is 10.1. The Labute approximate surface area is 161 Å². The molecule has 0 aliphatic rings. The summed E-state index contributed by atoms with van der Waals surface area (Å²) in [5.41, 5.74) is 1.52. The zero-order valence-electron chi connectivity index (χ0n) is 15.4. The maximum atomic E-state index is 13.7. The fraction of sp³-hybridized carbons (Fsp3) is 0.250. The second-order valence-corrected chi connectivity index (χ2v) is 6.81. The van der Waals surface area contributed by atoms with Gasteiger partial charge in [0.2, 0.25) is 5.75 Å². The van der Waals surface area contributed by atoms with Crippen LogP contribution in [0.25, 0.3) is 10.4 Å². The van der Waals surface area contributed by atoms with Crippen LogP contribution in [0.5, 0.6) is 17.2 Å². The van der Waals surface area contributed by atoms with Crippen LogP contribution in [0.2, 0.25) is 0 Å². The van der Waals surface area contributed by atoms with Gasteiger partial charge in [-0.05, 0) is 18.2 Å². The topological polar surface area (TPSA) is 52.6 Å². The molecule has 0 bridgehead atoms. The molecule has 1 heterocycles. The van der Waals surface area contributed by atoms with Crippen LogP contribution < -0.4 is 19.5 Å². The Bertz CT molecular complexity index is 914. The summed E-state index contributed by atoms with van der Waals surface area (Å²) >= 11 is 1.54. The Morgan fingerprint density at radius 2 is 1.74 bits per heavy atom. The number of aromatic nitrogens is 1. The molecule has 0 radical (unpaired) electrons. The largest absolute Gasteiger partial charge is 0.493 e. The quantitative estimate of drug-likeness (QED) is 0.625. The van der Waals surface area contributed by atoms with Crippen LogP contribution in [0.4, 0.5) is 4.39 Å². The smallest absolute Gasteiger partial charge is 0.203 e. The number of nitrogens with zero attached hydrogens (tertiary/aromatic N) is 1. The van der Waals surface area contributed by atoms with E-state index in [0.717, 1.165) is 15.4 Å². The van der Waals surface area contributed by atoms with Crippen molar-refractivity contribution in [3.63, 3.8) is 0 Å². The molecule has 0 amide bonds. The number of thiazole rings is 1. The standard InChI is InChI=1S/C20H21FN2O3S/c1-24-16-9-8-14(19(25-2)20(16)26-3)17-11-23-18(27-17)12-22-10-13-6-4-5-7-15(13)21/h4-9,11,22H,10,12H2,1-3H3. The average molecular weight is 388 g/mol. The Hall–Kier alpha value is -2.64. The number of hydrogen-bond donors (Lipinski definition) is 1. The third-order valence-electron chi connectivity index (χ3n) is 4.07. The Morgan fingerprint density at radius 3 is 2.44 bits per heavy atom. The number of hydrogen-bond acceptors (Lipinski definition) is 6. The molecule has 0 unspecified atom stereocenters. The third kappa shape index (κ3) is 4.20. The summed E-state index contributed by atoms with van der Waals surface area (Å²) in [6.45, 7) is 0.996. The van der Waals surface area contributed by atoms with Gasteiger partial charge in [-0.3, -0.25) is 0 Å². The minimum absolute atomic E-state index is 0.208. The number of benzene rings is 2. The first-order valence-corrected chi connectivity index (χ1v) is 9.17. The van der Waals surface area contributed by atoms with Crippen molar-refractivity contribution < 1.29 is 18.6 Å². The molecule has 0 fully saturated rings. The highest BCUT2D eigenvalue weighted by Gasteiger charge is 2.18. The number of rotatable bonds is 8. The van der Waals surface area contributed by atoms with E-state index in [1.54, 1.807) is 51.0 Å². The van der Waals surface area contributed by atoms with Crippen molar-refractivity contribution in [1.29, 1.82) is 0 Å². The van der Waals surface area contributed by atoms with E-state index in [0.29, 0.717) is 35.9 Å². The Balaban J connectivity index is 1.75. The molecular weight excluding hydrogens is 367 g/mol. The van der Waals surface area contributed by atoms with Crippen LogP contribution in [0.15, 0.2) is 42.6 Å². The molecule has 0 saturated heterocycles. The van der Waals surface area contributed by atoms with Gasteiger partial charge in [0.25, 0.3) is 0 Å². The lowest BCUT2D eigenvalue weighted by Gasteiger charge is -2.14. The fourth-order valence-corrected chi connectivity index (χ4v) is 3.67. The van der Waals surface area contributed by atoms with Crippen molar-refractivity contribution in [2.45, 2.75) is 13.1 Å². The Morgan fingerprint density at radius 1 is 0.963 bits per heavy atom. The highest BCUT2D eigenvalue weighted by atomic mass is 32.1. The SMILES string of the molecule is COc1ccc(-c2cnc(CNCc3ccccc3F)s2)c(OC)c1OC. The molecule has 2 aromatic carbocycles. The summed E-state index contributed by atoms with van der Waals surface area (Å²) in [6, 6.07) is 10.5. The summed E-state index contributed by atoms with van der Waals surface area (Å²) in [4.78, 5) is 5.41. The lowest BCUT2D eigenvalue weighted by molar-refractivity contribution is 0.325. The second-order valence-electron chi connectivity index (χ2n) is 5.70. The zero-order valence-corrected chi connectivity index (χ0v) is 16.2. The van der Waals surface area contributed by atoms with E-state index < -0.39 is 0 Å². The Kier molecular flexibility index (Phi) is 6.26. The van der Waals surface area contributed by atoms with Gasteiger partial charge >= 0.3 is 0 Å². The fourth-order valence-electron chi connectivity index (χ4n) is 2.76. The van der Waals surface area contributed by atoms with Gasteiger partial charge < -0.3 is 19.5 Å². The number of ether oxygens (including phenoxy) is 3. The molecule has 1 N–H and O–H groups in total. The maximum absolute atomic E-state index is 13.7. The van der Waals surface area contributed by atoms with E-state index in [-0.39, 0.29) is 5.82 Å². The van der Waals surface area contributed by atoms with E-state index >= 15 is 0 Å². The number of methoxy groups -OCH3 is 3. The molecule has 0 saturated carbocycles. The summed E-state index contributed by atoms with van der Waals surface area (Å²) in [7, 11) is 4.76. The second kappa shape index (κ2) is 8.83. The van der Waals surface area contributed by atoms with Crippen molar-refractivity contribution in [2.75, 3.05) is 21.3 Å². The van der Waals surface area contributed by atoms with Gasteiger partial charge in [0.1, 0.15) is 10.8 Å². The minimum Gasteiger partial charge on any atom is -0.493 e. The normalized spacial score (nSPS) is 10.7. The first kappa shape index (κ1) is 19.1.